The van der Waals surface area contributed by atoms with Crippen LogP contribution in [0, 0.1) is 11.8 Å². The van der Waals surface area contributed by atoms with Gasteiger partial charge in [-0.1, -0.05) is 25.4 Å². The molecule has 0 aliphatic carbocycles. The lowest BCUT2D eigenvalue weighted by atomic mass is 9.97. The first-order valence-electron chi connectivity index (χ1n) is 7.86. The highest BCUT2D eigenvalue weighted by Crippen LogP contribution is 2.28. The van der Waals surface area contributed by atoms with Crippen LogP contribution in [-0.4, -0.2) is 36.4 Å². The largest absolute Gasteiger partial charge is 0.366 e. The highest BCUT2D eigenvalue weighted by molar-refractivity contribution is 6.33. The normalized spacial score (nSPS) is 18.1. The number of nitrogens with one attached hydrogen (secondary N) is 1. The fourth-order valence-corrected chi connectivity index (χ4v) is 2.92. The molecule has 2 rings (SSSR count). The number of nitrogens with two attached hydrogens (primary N) is 1. The Hall–Kier alpha value is -1.82. The molecule has 1 aliphatic rings. The predicted octanol–water partition coefficient (Wildman–Crippen LogP) is 1.82. The number of hydrogen-bond acceptors (Lipinski definition) is 4. The number of rotatable bonds is 5. The van der Waals surface area contributed by atoms with Crippen molar-refractivity contribution in [3.63, 3.8) is 0 Å². The summed E-state index contributed by atoms with van der Waals surface area (Å²) in [6.45, 7) is 6.18. The van der Waals surface area contributed by atoms with Crippen molar-refractivity contribution in [2.45, 2.75) is 26.7 Å². The SMILES string of the molecule is CC(C)CNC(=O)[C@@H]1CCCN(c2ncc(C(N)=O)cc2Cl)C1. The zero-order valence-corrected chi connectivity index (χ0v) is 14.3. The van der Waals surface area contributed by atoms with Gasteiger partial charge in [0.25, 0.3) is 0 Å². The zero-order valence-electron chi connectivity index (χ0n) is 13.5. The Bertz CT molecular complexity index is 591. The van der Waals surface area contributed by atoms with Crippen LogP contribution in [0.15, 0.2) is 12.3 Å². The van der Waals surface area contributed by atoms with E-state index in [1.54, 1.807) is 0 Å². The lowest BCUT2D eigenvalue weighted by Crippen LogP contribution is -2.44. The number of amides is 2. The maximum atomic E-state index is 12.3. The summed E-state index contributed by atoms with van der Waals surface area (Å²) in [4.78, 5) is 29.7. The number of halogens is 1. The van der Waals surface area contributed by atoms with E-state index in [1.165, 1.54) is 12.3 Å². The molecular weight excluding hydrogens is 316 g/mol. The second kappa shape index (κ2) is 7.64. The quantitative estimate of drug-likeness (QED) is 0.857. The van der Waals surface area contributed by atoms with Gasteiger partial charge in [0.1, 0.15) is 5.82 Å². The van der Waals surface area contributed by atoms with Gasteiger partial charge in [0, 0.05) is 25.8 Å². The Morgan fingerprint density at radius 2 is 2.26 bits per heavy atom. The third-order valence-electron chi connectivity index (χ3n) is 3.88. The maximum absolute atomic E-state index is 12.3. The van der Waals surface area contributed by atoms with E-state index in [-0.39, 0.29) is 17.4 Å². The van der Waals surface area contributed by atoms with Crippen LogP contribution in [0.4, 0.5) is 5.82 Å². The number of primary amides is 1. The van der Waals surface area contributed by atoms with E-state index in [2.05, 4.69) is 24.1 Å². The Kier molecular flexibility index (Phi) is 5.82. The molecule has 23 heavy (non-hydrogen) atoms. The van der Waals surface area contributed by atoms with Crippen molar-refractivity contribution >= 4 is 29.2 Å². The van der Waals surface area contributed by atoms with Crippen LogP contribution in [-0.2, 0) is 4.79 Å². The lowest BCUT2D eigenvalue weighted by Gasteiger charge is -2.33. The molecule has 0 bridgehead atoms. The molecule has 1 aliphatic heterocycles. The summed E-state index contributed by atoms with van der Waals surface area (Å²) in [6.07, 6.45) is 3.18. The van der Waals surface area contributed by atoms with Crippen LogP contribution in [0.3, 0.4) is 0 Å². The molecule has 0 unspecified atom stereocenters. The van der Waals surface area contributed by atoms with Gasteiger partial charge in [-0.25, -0.2) is 4.98 Å². The number of carbonyl (C=O) groups is 2. The molecule has 1 saturated heterocycles. The van der Waals surface area contributed by atoms with Crippen molar-refractivity contribution in [2.24, 2.45) is 17.6 Å². The minimum absolute atomic E-state index is 0.0730. The van der Waals surface area contributed by atoms with E-state index < -0.39 is 5.91 Å². The molecule has 1 aromatic heterocycles. The first-order valence-corrected chi connectivity index (χ1v) is 8.24. The van der Waals surface area contributed by atoms with E-state index in [4.69, 9.17) is 17.3 Å². The molecule has 0 radical (unpaired) electrons. The van der Waals surface area contributed by atoms with Crippen LogP contribution in [0.5, 0.6) is 0 Å². The Labute approximate surface area is 141 Å². The van der Waals surface area contributed by atoms with Crippen molar-refractivity contribution in [2.75, 3.05) is 24.5 Å². The maximum Gasteiger partial charge on any atom is 0.250 e. The van der Waals surface area contributed by atoms with Crippen molar-refractivity contribution in [3.05, 3.63) is 22.8 Å². The summed E-state index contributed by atoms with van der Waals surface area (Å²) >= 11 is 6.22. The predicted molar refractivity (Wildman–Crippen MR) is 90.5 cm³/mol. The number of anilines is 1. The molecule has 0 saturated carbocycles. The van der Waals surface area contributed by atoms with E-state index in [0.29, 0.717) is 29.8 Å². The first-order chi connectivity index (χ1) is 10.9. The molecule has 126 valence electrons. The van der Waals surface area contributed by atoms with Gasteiger partial charge >= 0.3 is 0 Å². The molecule has 1 atom stereocenters. The second-order valence-corrected chi connectivity index (χ2v) is 6.73. The smallest absolute Gasteiger partial charge is 0.250 e. The summed E-state index contributed by atoms with van der Waals surface area (Å²) in [6, 6.07) is 1.52. The molecule has 1 fully saturated rings. The standard InChI is InChI=1S/C16H23ClN4O2/c1-10(2)7-20-16(23)11-4-3-5-21(9-11)15-13(17)6-12(8-19-15)14(18)22/h6,8,10-11H,3-5,7,9H2,1-2H3,(H2,18,22)(H,20,23)/t11-/m1/s1. The summed E-state index contributed by atoms with van der Waals surface area (Å²) < 4.78 is 0. The van der Waals surface area contributed by atoms with Crippen LogP contribution in [0.1, 0.15) is 37.0 Å². The highest BCUT2D eigenvalue weighted by Gasteiger charge is 2.27. The number of piperidine rings is 1. The van der Waals surface area contributed by atoms with Gasteiger partial charge in [0.2, 0.25) is 11.8 Å². The monoisotopic (exact) mass is 338 g/mol. The minimum atomic E-state index is -0.560. The third-order valence-corrected chi connectivity index (χ3v) is 4.16. The lowest BCUT2D eigenvalue weighted by molar-refractivity contribution is -0.125. The average Bonchev–Trinajstić information content (AvgIpc) is 2.52. The summed E-state index contributed by atoms with van der Waals surface area (Å²) in [5.74, 6) is 0.467. The van der Waals surface area contributed by atoms with Gasteiger partial charge in [0.05, 0.1) is 16.5 Å². The van der Waals surface area contributed by atoms with Crippen molar-refractivity contribution < 1.29 is 9.59 Å². The van der Waals surface area contributed by atoms with Crippen molar-refractivity contribution in [1.29, 1.82) is 0 Å². The van der Waals surface area contributed by atoms with Gasteiger partial charge < -0.3 is 16.0 Å². The zero-order chi connectivity index (χ0) is 17.0. The Balaban J connectivity index is 2.06. The van der Waals surface area contributed by atoms with E-state index in [1.807, 2.05) is 4.90 Å². The Morgan fingerprint density at radius 1 is 1.52 bits per heavy atom. The minimum Gasteiger partial charge on any atom is -0.366 e. The molecule has 1 aromatic rings. The summed E-state index contributed by atoms with van der Waals surface area (Å²) in [5.41, 5.74) is 5.51. The molecule has 0 aromatic carbocycles. The molecule has 3 N–H and O–H groups in total. The highest BCUT2D eigenvalue weighted by atomic mass is 35.5. The molecule has 7 heteroatoms. The summed E-state index contributed by atoms with van der Waals surface area (Å²) in [7, 11) is 0. The topological polar surface area (TPSA) is 88.3 Å². The van der Waals surface area contributed by atoms with Crippen LogP contribution in [0.2, 0.25) is 5.02 Å². The number of carbonyl (C=O) groups excluding carboxylic acids is 2. The number of nitrogens with zero attached hydrogens (tertiary/aromatic N) is 2. The fraction of sp³-hybridized carbons (Fsp3) is 0.562. The van der Waals surface area contributed by atoms with Gasteiger partial charge in [-0.2, -0.15) is 0 Å². The molecule has 6 nitrogen and oxygen atoms in total. The van der Waals surface area contributed by atoms with E-state index in [9.17, 15) is 9.59 Å². The van der Waals surface area contributed by atoms with Crippen LogP contribution < -0.4 is 16.0 Å². The molecule has 0 spiro atoms. The first kappa shape index (κ1) is 17.5. The van der Waals surface area contributed by atoms with Crippen molar-refractivity contribution in [3.8, 4) is 0 Å². The number of hydrogen-bond donors (Lipinski definition) is 2. The van der Waals surface area contributed by atoms with Crippen LogP contribution >= 0.6 is 11.6 Å². The van der Waals surface area contributed by atoms with E-state index in [0.717, 1.165) is 19.4 Å². The number of pyridine rings is 1. The fourth-order valence-electron chi connectivity index (χ4n) is 2.63. The molecular formula is C16H23ClN4O2. The van der Waals surface area contributed by atoms with Gasteiger partial charge in [0.15, 0.2) is 0 Å². The molecule has 2 amide bonds. The average molecular weight is 339 g/mol. The van der Waals surface area contributed by atoms with E-state index >= 15 is 0 Å². The second-order valence-electron chi connectivity index (χ2n) is 6.32. The van der Waals surface area contributed by atoms with Crippen molar-refractivity contribution in [1.82, 2.24) is 10.3 Å². The summed E-state index contributed by atoms with van der Waals surface area (Å²) in [5, 5.41) is 3.36. The Morgan fingerprint density at radius 3 is 2.87 bits per heavy atom. The van der Waals surface area contributed by atoms with Gasteiger partial charge in [-0.3, -0.25) is 9.59 Å². The van der Waals surface area contributed by atoms with Crippen LogP contribution in [0.25, 0.3) is 0 Å². The van der Waals surface area contributed by atoms with Gasteiger partial charge in [-0.05, 0) is 24.8 Å². The van der Waals surface area contributed by atoms with Gasteiger partial charge in [-0.15, -0.1) is 0 Å². The number of aromatic nitrogens is 1. The molecule has 2 heterocycles. The third kappa shape index (κ3) is 4.58.